The van der Waals surface area contributed by atoms with E-state index in [1.165, 1.54) is 24.9 Å². The molecule has 0 radical (unpaired) electrons. The highest BCUT2D eigenvalue weighted by atomic mass is 16.2. The molecule has 1 saturated heterocycles. The molecule has 150 valence electrons. The average molecular weight is 374 g/mol. The van der Waals surface area contributed by atoms with Gasteiger partial charge in [0, 0.05) is 33.2 Å². The van der Waals surface area contributed by atoms with Gasteiger partial charge in [0.15, 0.2) is 5.96 Å². The molecule has 1 atom stereocenters. The largest absolute Gasteiger partial charge is 0.356 e. The Labute approximate surface area is 164 Å². The van der Waals surface area contributed by atoms with Gasteiger partial charge in [-0.2, -0.15) is 0 Å². The Morgan fingerprint density at radius 1 is 1.26 bits per heavy atom. The van der Waals surface area contributed by atoms with E-state index in [1.807, 2.05) is 6.07 Å². The van der Waals surface area contributed by atoms with E-state index in [0.717, 1.165) is 38.4 Å². The molecule has 2 rings (SSSR count). The van der Waals surface area contributed by atoms with Crippen molar-refractivity contribution in [3.8, 4) is 0 Å². The molecule has 6 heteroatoms. The Morgan fingerprint density at radius 3 is 2.74 bits per heavy atom. The average Bonchev–Trinajstić information content (AvgIpc) is 3.14. The van der Waals surface area contributed by atoms with Crippen LogP contribution in [0.5, 0.6) is 0 Å². The maximum absolute atomic E-state index is 11.9. The molecule has 1 aliphatic heterocycles. The number of aryl methyl sites for hydroxylation is 1. The lowest BCUT2D eigenvalue weighted by molar-refractivity contribution is -0.127. The van der Waals surface area contributed by atoms with Crippen LogP contribution >= 0.6 is 0 Å². The monoisotopic (exact) mass is 373 g/mol. The molecule has 0 aromatic heterocycles. The van der Waals surface area contributed by atoms with Crippen molar-refractivity contribution in [3.05, 3.63) is 35.9 Å². The first-order valence-electron chi connectivity index (χ1n) is 10.1. The molecule has 1 unspecified atom stereocenters. The summed E-state index contributed by atoms with van der Waals surface area (Å²) in [4.78, 5) is 20.4. The molecule has 1 aliphatic rings. The highest BCUT2D eigenvalue weighted by molar-refractivity contribution is 5.84. The van der Waals surface area contributed by atoms with Crippen LogP contribution in [0.3, 0.4) is 0 Å². The smallest absolute Gasteiger partial charge is 0.243 e. The summed E-state index contributed by atoms with van der Waals surface area (Å²) in [5, 5.41) is 6.84. The van der Waals surface area contributed by atoms with Crippen LogP contribution < -0.4 is 10.6 Å². The van der Waals surface area contributed by atoms with Crippen LogP contribution in [0.1, 0.15) is 31.7 Å². The van der Waals surface area contributed by atoms with Crippen molar-refractivity contribution in [1.82, 2.24) is 20.4 Å². The summed E-state index contributed by atoms with van der Waals surface area (Å²) in [6.07, 6.45) is 4.54. The first kappa shape index (κ1) is 21.2. The minimum atomic E-state index is 0.0106. The number of rotatable bonds is 9. The van der Waals surface area contributed by atoms with Crippen molar-refractivity contribution in [3.63, 3.8) is 0 Å². The fourth-order valence-electron chi connectivity index (χ4n) is 3.36. The molecular weight excluding hydrogens is 338 g/mol. The summed E-state index contributed by atoms with van der Waals surface area (Å²) >= 11 is 0. The van der Waals surface area contributed by atoms with Gasteiger partial charge in [-0.1, -0.05) is 37.3 Å². The molecule has 0 spiro atoms. The number of guanidine groups is 1. The van der Waals surface area contributed by atoms with Gasteiger partial charge in [0.05, 0.1) is 0 Å². The maximum atomic E-state index is 11.9. The zero-order valence-electron chi connectivity index (χ0n) is 17.1. The van der Waals surface area contributed by atoms with Gasteiger partial charge in [-0.25, -0.2) is 4.99 Å². The van der Waals surface area contributed by atoms with Crippen LogP contribution in [-0.4, -0.2) is 74.5 Å². The van der Waals surface area contributed by atoms with Crippen molar-refractivity contribution in [2.75, 3.05) is 46.8 Å². The van der Waals surface area contributed by atoms with Crippen molar-refractivity contribution >= 4 is 11.9 Å². The number of hydrogen-bond donors (Lipinski definition) is 2. The minimum absolute atomic E-state index is 0.0106. The van der Waals surface area contributed by atoms with E-state index in [0.29, 0.717) is 6.04 Å². The third kappa shape index (κ3) is 7.59. The molecule has 0 aliphatic carbocycles. The van der Waals surface area contributed by atoms with Crippen LogP contribution in [0.15, 0.2) is 35.3 Å². The van der Waals surface area contributed by atoms with Gasteiger partial charge < -0.3 is 15.5 Å². The molecule has 2 N–H and O–H groups in total. The van der Waals surface area contributed by atoms with E-state index in [2.05, 4.69) is 51.7 Å². The zero-order chi connectivity index (χ0) is 19.5. The SMILES string of the molecule is CCN1CCCC1CNC(=NCC(=O)N(C)C)NCCCc1ccccc1. The minimum Gasteiger partial charge on any atom is -0.356 e. The number of likely N-dealkylation sites (tertiary alicyclic amines) is 1. The second-order valence-corrected chi connectivity index (χ2v) is 7.27. The molecule has 1 heterocycles. The van der Waals surface area contributed by atoms with Crippen molar-refractivity contribution < 1.29 is 4.79 Å². The molecule has 1 amide bonds. The van der Waals surface area contributed by atoms with Gasteiger partial charge in [0.1, 0.15) is 6.54 Å². The topological polar surface area (TPSA) is 60.0 Å². The van der Waals surface area contributed by atoms with E-state index < -0.39 is 0 Å². The lowest BCUT2D eigenvalue weighted by Crippen LogP contribution is -2.45. The number of nitrogens with one attached hydrogen (secondary N) is 2. The van der Waals surface area contributed by atoms with Gasteiger partial charge in [-0.3, -0.25) is 9.69 Å². The molecule has 1 fully saturated rings. The Kier molecular flexibility index (Phi) is 9.11. The second kappa shape index (κ2) is 11.6. The number of carbonyl (C=O) groups is 1. The highest BCUT2D eigenvalue weighted by Gasteiger charge is 2.22. The number of hydrogen-bond acceptors (Lipinski definition) is 3. The van der Waals surface area contributed by atoms with Crippen molar-refractivity contribution in [1.29, 1.82) is 0 Å². The van der Waals surface area contributed by atoms with Crippen LogP contribution in [0.25, 0.3) is 0 Å². The third-order valence-corrected chi connectivity index (χ3v) is 5.06. The second-order valence-electron chi connectivity index (χ2n) is 7.27. The number of aliphatic imine (C=N–C) groups is 1. The molecule has 6 nitrogen and oxygen atoms in total. The number of likely N-dealkylation sites (N-methyl/N-ethyl adjacent to an activating group) is 2. The normalized spacial score (nSPS) is 17.7. The van der Waals surface area contributed by atoms with Crippen molar-refractivity contribution in [2.45, 2.75) is 38.6 Å². The van der Waals surface area contributed by atoms with E-state index in [9.17, 15) is 4.79 Å². The van der Waals surface area contributed by atoms with Crippen LogP contribution in [0.4, 0.5) is 0 Å². The van der Waals surface area contributed by atoms with E-state index in [4.69, 9.17) is 0 Å². The van der Waals surface area contributed by atoms with Crippen LogP contribution in [0, 0.1) is 0 Å². The van der Waals surface area contributed by atoms with Crippen LogP contribution in [-0.2, 0) is 11.2 Å². The van der Waals surface area contributed by atoms with E-state index >= 15 is 0 Å². The number of benzene rings is 1. The Hall–Kier alpha value is -2.08. The summed E-state index contributed by atoms with van der Waals surface area (Å²) in [5.74, 6) is 0.748. The van der Waals surface area contributed by atoms with E-state index in [1.54, 1.807) is 19.0 Å². The summed E-state index contributed by atoms with van der Waals surface area (Å²) in [5.41, 5.74) is 1.35. The number of nitrogens with zero attached hydrogens (tertiary/aromatic N) is 3. The fourth-order valence-corrected chi connectivity index (χ4v) is 3.36. The molecular formula is C21H35N5O. The van der Waals surface area contributed by atoms with Gasteiger partial charge in [0.2, 0.25) is 5.91 Å². The molecule has 1 aromatic carbocycles. The Balaban J connectivity index is 1.82. The Bertz CT molecular complexity index is 587. The highest BCUT2D eigenvalue weighted by Crippen LogP contribution is 2.15. The van der Waals surface area contributed by atoms with Gasteiger partial charge >= 0.3 is 0 Å². The summed E-state index contributed by atoms with van der Waals surface area (Å²) in [6, 6.07) is 11.1. The number of amides is 1. The van der Waals surface area contributed by atoms with Gasteiger partial charge in [0.25, 0.3) is 0 Å². The first-order valence-corrected chi connectivity index (χ1v) is 10.1. The fraction of sp³-hybridized carbons (Fsp3) is 0.619. The first-order chi connectivity index (χ1) is 13.1. The quantitative estimate of drug-likeness (QED) is 0.393. The predicted octanol–water partition coefficient (Wildman–Crippen LogP) is 1.73. The number of carbonyl (C=O) groups excluding carboxylic acids is 1. The van der Waals surface area contributed by atoms with Crippen LogP contribution in [0.2, 0.25) is 0 Å². The van der Waals surface area contributed by atoms with Gasteiger partial charge in [-0.15, -0.1) is 0 Å². The maximum Gasteiger partial charge on any atom is 0.243 e. The van der Waals surface area contributed by atoms with Gasteiger partial charge in [-0.05, 0) is 44.3 Å². The standard InChI is InChI=1S/C21H35N5O/c1-4-26-15-9-13-19(26)16-23-21(24-17-20(27)25(2)3)22-14-8-12-18-10-6-5-7-11-18/h5-7,10-11,19H,4,8-9,12-17H2,1-3H3,(H2,22,23,24). The Morgan fingerprint density at radius 2 is 2.04 bits per heavy atom. The molecule has 0 saturated carbocycles. The lowest BCUT2D eigenvalue weighted by atomic mass is 10.1. The summed E-state index contributed by atoms with van der Waals surface area (Å²) in [6.45, 7) is 6.35. The zero-order valence-corrected chi connectivity index (χ0v) is 17.1. The lowest BCUT2D eigenvalue weighted by Gasteiger charge is -2.24. The van der Waals surface area contributed by atoms with E-state index in [-0.39, 0.29) is 12.5 Å². The third-order valence-electron chi connectivity index (χ3n) is 5.06. The molecule has 1 aromatic rings. The molecule has 0 bridgehead atoms. The predicted molar refractivity (Wildman–Crippen MR) is 112 cm³/mol. The summed E-state index contributed by atoms with van der Waals surface area (Å²) in [7, 11) is 3.52. The van der Waals surface area contributed by atoms with Crippen molar-refractivity contribution in [2.24, 2.45) is 4.99 Å². The molecule has 27 heavy (non-hydrogen) atoms. The summed E-state index contributed by atoms with van der Waals surface area (Å²) < 4.78 is 0.